The lowest BCUT2D eigenvalue weighted by Gasteiger charge is -2.24. The summed E-state index contributed by atoms with van der Waals surface area (Å²) < 4.78 is 8.90. The molecule has 1 aliphatic rings. The number of aliphatic imine (C=N–C) groups is 2. The number of nitrogens with zero attached hydrogens (tertiary/aromatic N) is 2. The summed E-state index contributed by atoms with van der Waals surface area (Å²) in [5, 5.41) is 8.40. The highest BCUT2D eigenvalue weighted by Crippen LogP contribution is 2.39. The average Bonchev–Trinajstić information content (AvgIpc) is 3.76. The molecule has 7 aromatic carbocycles. The monoisotopic (exact) mass is 659 g/mol. The summed E-state index contributed by atoms with van der Waals surface area (Å²) >= 11 is 1.81. The van der Waals surface area contributed by atoms with E-state index in [0.717, 1.165) is 61.2 Å². The molecule has 1 atom stereocenters. The van der Waals surface area contributed by atoms with E-state index in [1.807, 2.05) is 23.5 Å². The number of amidine groups is 2. The Bertz CT molecular complexity index is 2790. The number of hydrogen-bond acceptors (Lipinski definition) is 5. The lowest BCUT2D eigenvalue weighted by molar-refractivity contribution is 0.669. The zero-order chi connectivity index (χ0) is 33.0. The fourth-order valence-corrected chi connectivity index (χ4v) is 8.25. The van der Waals surface area contributed by atoms with Gasteiger partial charge in [-0.3, -0.25) is 0 Å². The van der Waals surface area contributed by atoms with Crippen LogP contribution >= 0.6 is 11.3 Å². The fraction of sp³-hybridized carbons (Fsp3) is 0.0222. The Kier molecular flexibility index (Phi) is 6.71. The summed E-state index contributed by atoms with van der Waals surface area (Å²) in [6.45, 7) is 0. The van der Waals surface area contributed by atoms with Gasteiger partial charge in [0.1, 0.15) is 23.2 Å². The first kappa shape index (κ1) is 28.7. The van der Waals surface area contributed by atoms with Crippen LogP contribution in [0, 0.1) is 0 Å². The van der Waals surface area contributed by atoms with E-state index in [0.29, 0.717) is 5.84 Å². The highest BCUT2D eigenvalue weighted by atomic mass is 32.1. The van der Waals surface area contributed by atoms with Crippen LogP contribution in [0.4, 0.5) is 0 Å². The zero-order valence-corrected chi connectivity index (χ0v) is 27.7. The van der Waals surface area contributed by atoms with E-state index in [9.17, 15) is 0 Å². The maximum Gasteiger partial charge on any atom is 0.159 e. The molecule has 0 bridgehead atoms. The minimum absolute atomic E-state index is 0.280. The van der Waals surface area contributed by atoms with Crippen LogP contribution in [-0.2, 0) is 0 Å². The third kappa shape index (κ3) is 4.90. The predicted molar refractivity (Wildman–Crippen MR) is 209 cm³/mol. The predicted octanol–water partition coefficient (Wildman–Crippen LogP) is 11.8. The van der Waals surface area contributed by atoms with Crippen molar-refractivity contribution >= 4 is 65.1 Å². The minimum Gasteiger partial charge on any atom is -0.456 e. The smallest absolute Gasteiger partial charge is 0.159 e. The third-order valence-corrected chi connectivity index (χ3v) is 10.7. The summed E-state index contributed by atoms with van der Waals surface area (Å²) in [5.74, 6) is 1.51. The standard InChI is InChI=1S/C45H29N3OS/c1-3-11-28(12-4-1)30-22-24-38-37(26-30)42-34(18-10-19-39(42)49-38)31-15-9-16-32(25-31)44-46-43(29-13-5-2-6-14-29)47-45(48-44)33-21-23-36-35-17-7-8-20-40(35)50-41(36)27-33/h1-27,43H,(H,46,47,48). The Morgan fingerprint density at radius 2 is 1.24 bits per heavy atom. The number of fused-ring (bicyclic) bond motifs is 6. The molecule has 5 heteroatoms. The number of nitrogens with one attached hydrogen (secondary N) is 1. The second kappa shape index (κ2) is 11.7. The zero-order valence-electron chi connectivity index (χ0n) is 26.9. The van der Waals surface area contributed by atoms with Crippen molar-refractivity contribution in [1.82, 2.24) is 5.32 Å². The Balaban J connectivity index is 1.10. The second-order valence-electron chi connectivity index (χ2n) is 12.6. The number of furan rings is 1. The third-order valence-electron chi connectivity index (χ3n) is 9.54. The van der Waals surface area contributed by atoms with Crippen molar-refractivity contribution < 1.29 is 4.42 Å². The molecule has 236 valence electrons. The first-order valence-corrected chi connectivity index (χ1v) is 17.6. The van der Waals surface area contributed by atoms with Crippen LogP contribution in [-0.4, -0.2) is 11.7 Å². The Labute approximate surface area is 292 Å². The van der Waals surface area contributed by atoms with Gasteiger partial charge in [0.15, 0.2) is 5.84 Å². The first-order chi connectivity index (χ1) is 24.7. The van der Waals surface area contributed by atoms with E-state index in [1.54, 1.807) is 0 Å². The number of hydrogen-bond donors (Lipinski definition) is 1. The molecule has 3 heterocycles. The molecular weight excluding hydrogens is 631 g/mol. The van der Waals surface area contributed by atoms with Gasteiger partial charge < -0.3 is 9.73 Å². The van der Waals surface area contributed by atoms with E-state index < -0.39 is 0 Å². The van der Waals surface area contributed by atoms with Crippen molar-refractivity contribution in [2.24, 2.45) is 9.98 Å². The van der Waals surface area contributed by atoms with Gasteiger partial charge in [-0.2, -0.15) is 0 Å². The molecule has 0 aliphatic carbocycles. The number of benzene rings is 7. The molecular formula is C45H29N3OS. The molecule has 10 rings (SSSR count). The molecule has 0 radical (unpaired) electrons. The topological polar surface area (TPSA) is 49.9 Å². The van der Waals surface area contributed by atoms with Crippen LogP contribution in [0.15, 0.2) is 178 Å². The van der Waals surface area contributed by atoms with Gasteiger partial charge in [0.2, 0.25) is 0 Å². The van der Waals surface area contributed by atoms with Crippen molar-refractivity contribution in [2.75, 3.05) is 0 Å². The average molecular weight is 660 g/mol. The molecule has 2 aromatic heterocycles. The molecule has 1 aliphatic heterocycles. The summed E-state index contributed by atoms with van der Waals surface area (Å²) in [6, 6.07) is 57.4. The molecule has 0 saturated carbocycles. The fourth-order valence-electron chi connectivity index (χ4n) is 7.11. The summed E-state index contributed by atoms with van der Waals surface area (Å²) in [4.78, 5) is 10.4. The largest absolute Gasteiger partial charge is 0.456 e. The lowest BCUT2D eigenvalue weighted by Crippen LogP contribution is -2.33. The van der Waals surface area contributed by atoms with Crippen molar-refractivity contribution in [1.29, 1.82) is 0 Å². The van der Waals surface area contributed by atoms with E-state index in [2.05, 4.69) is 157 Å². The van der Waals surface area contributed by atoms with Gasteiger partial charge in [-0.1, -0.05) is 127 Å². The van der Waals surface area contributed by atoms with Crippen LogP contribution < -0.4 is 5.32 Å². The van der Waals surface area contributed by atoms with E-state index >= 15 is 0 Å². The van der Waals surface area contributed by atoms with Crippen LogP contribution in [0.5, 0.6) is 0 Å². The molecule has 0 fully saturated rings. The summed E-state index contributed by atoms with van der Waals surface area (Å²) in [5.41, 5.74) is 9.37. The Hall–Kier alpha value is -6.30. The molecule has 0 saturated heterocycles. The highest BCUT2D eigenvalue weighted by molar-refractivity contribution is 7.25. The second-order valence-corrected chi connectivity index (χ2v) is 13.7. The van der Waals surface area contributed by atoms with Crippen LogP contribution in [0.3, 0.4) is 0 Å². The normalized spacial score (nSPS) is 14.6. The van der Waals surface area contributed by atoms with Crippen molar-refractivity contribution in [3.05, 3.63) is 180 Å². The molecule has 9 aromatic rings. The molecule has 4 nitrogen and oxygen atoms in total. The van der Waals surface area contributed by atoms with Gasteiger partial charge in [-0.25, -0.2) is 9.98 Å². The van der Waals surface area contributed by atoms with Crippen molar-refractivity contribution in [3.63, 3.8) is 0 Å². The van der Waals surface area contributed by atoms with Gasteiger partial charge >= 0.3 is 0 Å². The quantitative estimate of drug-likeness (QED) is 0.200. The van der Waals surface area contributed by atoms with E-state index in [-0.39, 0.29) is 6.17 Å². The SMILES string of the molecule is c1ccc(-c2ccc3oc4cccc(-c5cccc(C6=NC(c7ccccc7)NC(c7ccc8c(c7)sc7ccccc78)=N6)c5)c4c3c2)cc1. The first-order valence-electron chi connectivity index (χ1n) is 16.8. The van der Waals surface area contributed by atoms with Gasteiger partial charge in [0, 0.05) is 42.1 Å². The van der Waals surface area contributed by atoms with Gasteiger partial charge in [0.25, 0.3) is 0 Å². The molecule has 1 N–H and O–H groups in total. The van der Waals surface area contributed by atoms with Gasteiger partial charge in [0.05, 0.1) is 0 Å². The van der Waals surface area contributed by atoms with Crippen molar-refractivity contribution in [2.45, 2.75) is 6.17 Å². The van der Waals surface area contributed by atoms with Crippen molar-refractivity contribution in [3.8, 4) is 22.3 Å². The minimum atomic E-state index is -0.280. The maximum absolute atomic E-state index is 6.37. The molecule has 0 amide bonds. The van der Waals surface area contributed by atoms with E-state index in [4.69, 9.17) is 14.4 Å². The number of rotatable bonds is 5. The molecule has 50 heavy (non-hydrogen) atoms. The van der Waals surface area contributed by atoms with Crippen LogP contribution in [0.25, 0.3) is 64.4 Å². The summed E-state index contributed by atoms with van der Waals surface area (Å²) in [6.07, 6.45) is -0.280. The summed E-state index contributed by atoms with van der Waals surface area (Å²) in [7, 11) is 0. The Morgan fingerprint density at radius 3 is 2.14 bits per heavy atom. The molecule has 0 spiro atoms. The van der Waals surface area contributed by atoms with Gasteiger partial charge in [-0.15, -0.1) is 11.3 Å². The van der Waals surface area contributed by atoms with E-state index in [1.165, 1.54) is 25.7 Å². The lowest BCUT2D eigenvalue weighted by atomic mass is 9.96. The number of thiophene rings is 1. The van der Waals surface area contributed by atoms with Crippen LogP contribution in [0.2, 0.25) is 0 Å². The van der Waals surface area contributed by atoms with Gasteiger partial charge in [-0.05, 0) is 64.2 Å². The Morgan fingerprint density at radius 1 is 0.500 bits per heavy atom. The highest BCUT2D eigenvalue weighted by Gasteiger charge is 2.22. The van der Waals surface area contributed by atoms with Crippen LogP contribution in [0.1, 0.15) is 22.9 Å². The molecule has 1 unspecified atom stereocenters. The maximum atomic E-state index is 6.37.